The van der Waals surface area contributed by atoms with Crippen molar-refractivity contribution in [3.8, 4) is 0 Å². The zero-order chi connectivity index (χ0) is 14.5. The number of hydrogen-bond donors (Lipinski definition) is 3. The minimum Gasteiger partial charge on any atom is -0.318 e. The summed E-state index contributed by atoms with van der Waals surface area (Å²) in [4.78, 5) is 22.5. The molecule has 20 heavy (non-hydrogen) atoms. The number of nitrogens with zero attached hydrogens (tertiary/aromatic N) is 2. The Morgan fingerprint density at radius 2 is 2.00 bits per heavy atom. The highest BCUT2D eigenvalue weighted by atomic mass is 16.6. The van der Waals surface area contributed by atoms with E-state index in [4.69, 9.17) is 5.84 Å². The van der Waals surface area contributed by atoms with E-state index in [2.05, 4.69) is 10.9 Å². The summed E-state index contributed by atoms with van der Waals surface area (Å²) in [6, 6.07) is 4.26. The molecule has 1 saturated heterocycles. The first-order valence-corrected chi connectivity index (χ1v) is 6.43. The Hall–Kier alpha value is -2.19. The monoisotopic (exact) mass is 279 g/mol. The molecule has 0 saturated carbocycles. The van der Waals surface area contributed by atoms with Crippen molar-refractivity contribution < 1.29 is 9.72 Å². The molecule has 4 N–H and O–H groups in total. The summed E-state index contributed by atoms with van der Waals surface area (Å²) < 4.78 is 0. The van der Waals surface area contributed by atoms with Crippen LogP contribution in [0.3, 0.4) is 0 Å². The molecule has 1 aliphatic rings. The lowest BCUT2D eigenvalue weighted by Gasteiger charge is -2.27. The average molecular weight is 279 g/mol. The van der Waals surface area contributed by atoms with Gasteiger partial charge in [-0.05, 0) is 18.9 Å². The number of amides is 1. The van der Waals surface area contributed by atoms with Crippen LogP contribution >= 0.6 is 0 Å². The molecule has 2 rings (SSSR count). The maximum absolute atomic E-state index is 12.2. The van der Waals surface area contributed by atoms with Crippen LogP contribution in [-0.4, -0.2) is 28.9 Å². The predicted molar refractivity (Wildman–Crippen MR) is 73.8 cm³/mol. The third kappa shape index (κ3) is 3.03. The lowest BCUT2D eigenvalue weighted by Crippen LogP contribution is -2.45. The van der Waals surface area contributed by atoms with E-state index >= 15 is 0 Å². The normalized spacial score (nSPS) is 15.7. The van der Waals surface area contributed by atoms with E-state index in [9.17, 15) is 14.9 Å². The van der Waals surface area contributed by atoms with E-state index < -0.39 is 10.8 Å². The van der Waals surface area contributed by atoms with Gasteiger partial charge in [-0.25, -0.2) is 5.01 Å². The van der Waals surface area contributed by atoms with Gasteiger partial charge in [-0.2, -0.15) is 0 Å². The molecule has 0 atom stereocenters. The van der Waals surface area contributed by atoms with Gasteiger partial charge in [0, 0.05) is 19.2 Å². The smallest absolute Gasteiger partial charge is 0.294 e. The van der Waals surface area contributed by atoms with Crippen LogP contribution in [0, 0.1) is 10.1 Å². The first-order chi connectivity index (χ1) is 9.63. The van der Waals surface area contributed by atoms with Crippen molar-refractivity contribution >= 4 is 17.3 Å². The van der Waals surface area contributed by atoms with E-state index in [0.29, 0.717) is 0 Å². The third-order valence-corrected chi connectivity index (χ3v) is 3.24. The molecule has 8 heteroatoms. The lowest BCUT2D eigenvalue weighted by atomic mass is 10.1. The molecule has 1 heterocycles. The Labute approximate surface area is 116 Å². The SMILES string of the molecule is NNc1c(C(=O)NN2CCCCC2)cccc1[N+](=O)[O-]. The lowest BCUT2D eigenvalue weighted by molar-refractivity contribution is -0.384. The fraction of sp³-hybridized carbons (Fsp3) is 0.417. The number of anilines is 1. The van der Waals surface area contributed by atoms with Crippen molar-refractivity contribution in [2.24, 2.45) is 5.84 Å². The Morgan fingerprint density at radius 1 is 1.30 bits per heavy atom. The molecular formula is C12H17N5O3. The van der Waals surface area contributed by atoms with Crippen LogP contribution in [-0.2, 0) is 0 Å². The summed E-state index contributed by atoms with van der Waals surface area (Å²) in [6.45, 7) is 1.57. The molecule has 1 aromatic carbocycles. The number of nitrogen functional groups attached to an aromatic ring is 1. The summed E-state index contributed by atoms with van der Waals surface area (Å²) >= 11 is 0. The predicted octanol–water partition coefficient (Wildman–Crippen LogP) is 1.01. The van der Waals surface area contributed by atoms with Crippen molar-refractivity contribution in [2.75, 3.05) is 18.5 Å². The molecule has 0 radical (unpaired) electrons. The highest BCUT2D eigenvalue weighted by Crippen LogP contribution is 2.27. The van der Waals surface area contributed by atoms with Gasteiger partial charge in [0.2, 0.25) is 0 Å². The largest absolute Gasteiger partial charge is 0.318 e. The molecule has 1 aromatic rings. The number of piperidine rings is 1. The Morgan fingerprint density at radius 3 is 2.60 bits per heavy atom. The highest BCUT2D eigenvalue weighted by molar-refractivity contribution is 6.01. The number of carbonyl (C=O) groups is 1. The van der Waals surface area contributed by atoms with Crippen LogP contribution in [0.1, 0.15) is 29.6 Å². The fourth-order valence-corrected chi connectivity index (χ4v) is 2.24. The van der Waals surface area contributed by atoms with Gasteiger partial charge in [0.1, 0.15) is 5.69 Å². The van der Waals surface area contributed by atoms with Crippen LogP contribution in [0.4, 0.5) is 11.4 Å². The summed E-state index contributed by atoms with van der Waals surface area (Å²) in [5.41, 5.74) is 4.95. The average Bonchev–Trinajstić information content (AvgIpc) is 2.47. The zero-order valence-electron chi connectivity index (χ0n) is 11.0. The molecule has 0 aromatic heterocycles. The van der Waals surface area contributed by atoms with Crippen LogP contribution < -0.4 is 16.7 Å². The third-order valence-electron chi connectivity index (χ3n) is 3.24. The van der Waals surface area contributed by atoms with Crippen molar-refractivity contribution in [2.45, 2.75) is 19.3 Å². The first kappa shape index (κ1) is 14.2. The van der Waals surface area contributed by atoms with Crippen molar-refractivity contribution in [3.05, 3.63) is 33.9 Å². The molecule has 0 bridgehead atoms. The van der Waals surface area contributed by atoms with E-state index in [0.717, 1.165) is 32.4 Å². The van der Waals surface area contributed by atoms with Gasteiger partial charge in [0.25, 0.3) is 11.6 Å². The second-order valence-corrected chi connectivity index (χ2v) is 4.59. The van der Waals surface area contributed by atoms with Gasteiger partial charge >= 0.3 is 0 Å². The Kier molecular flexibility index (Phi) is 4.49. The second kappa shape index (κ2) is 6.31. The van der Waals surface area contributed by atoms with Crippen LogP contribution in [0.15, 0.2) is 18.2 Å². The topological polar surface area (TPSA) is 114 Å². The number of rotatable bonds is 4. The Balaban J connectivity index is 2.20. The molecule has 8 nitrogen and oxygen atoms in total. The number of hydrazine groups is 2. The summed E-state index contributed by atoms with van der Waals surface area (Å²) in [6.07, 6.45) is 3.20. The van der Waals surface area contributed by atoms with Crippen LogP contribution in [0.5, 0.6) is 0 Å². The number of para-hydroxylation sites is 1. The quantitative estimate of drug-likeness (QED) is 0.430. The van der Waals surface area contributed by atoms with Gasteiger partial charge in [0.05, 0.1) is 10.5 Å². The summed E-state index contributed by atoms with van der Waals surface area (Å²) in [5, 5.41) is 12.7. The minimum atomic E-state index is -0.577. The number of hydrogen-bond acceptors (Lipinski definition) is 6. The van der Waals surface area contributed by atoms with E-state index in [1.807, 2.05) is 5.01 Å². The van der Waals surface area contributed by atoms with Gasteiger partial charge in [-0.1, -0.05) is 12.5 Å². The molecule has 0 spiro atoms. The molecular weight excluding hydrogens is 262 g/mol. The van der Waals surface area contributed by atoms with Crippen LogP contribution in [0.25, 0.3) is 0 Å². The molecule has 0 aliphatic carbocycles. The molecule has 1 aliphatic heterocycles. The highest BCUT2D eigenvalue weighted by Gasteiger charge is 2.22. The number of nitrogens with one attached hydrogen (secondary N) is 2. The summed E-state index contributed by atoms with van der Waals surface area (Å²) in [7, 11) is 0. The van der Waals surface area contributed by atoms with Crippen molar-refractivity contribution in [1.29, 1.82) is 0 Å². The van der Waals surface area contributed by atoms with Gasteiger partial charge < -0.3 is 5.43 Å². The Bertz CT molecular complexity index is 514. The van der Waals surface area contributed by atoms with Crippen molar-refractivity contribution in [3.63, 3.8) is 0 Å². The summed E-state index contributed by atoms with van der Waals surface area (Å²) in [5.74, 6) is 4.91. The fourth-order valence-electron chi connectivity index (χ4n) is 2.24. The van der Waals surface area contributed by atoms with Crippen molar-refractivity contribution in [1.82, 2.24) is 10.4 Å². The number of nitro groups is 1. The van der Waals surface area contributed by atoms with Gasteiger partial charge in [-0.15, -0.1) is 0 Å². The molecule has 108 valence electrons. The first-order valence-electron chi connectivity index (χ1n) is 6.43. The number of nitro benzene ring substituents is 1. The van der Waals surface area contributed by atoms with E-state index in [1.165, 1.54) is 18.2 Å². The van der Waals surface area contributed by atoms with Gasteiger partial charge in [0.15, 0.2) is 0 Å². The molecule has 0 unspecified atom stereocenters. The number of carbonyl (C=O) groups excluding carboxylic acids is 1. The maximum atomic E-state index is 12.2. The van der Waals surface area contributed by atoms with E-state index in [-0.39, 0.29) is 16.9 Å². The molecule has 1 fully saturated rings. The zero-order valence-corrected chi connectivity index (χ0v) is 11.0. The van der Waals surface area contributed by atoms with E-state index in [1.54, 1.807) is 0 Å². The molecule has 1 amide bonds. The second-order valence-electron chi connectivity index (χ2n) is 4.59. The minimum absolute atomic E-state index is 0.0204. The van der Waals surface area contributed by atoms with Crippen LogP contribution in [0.2, 0.25) is 0 Å². The number of benzene rings is 1. The number of nitrogens with two attached hydrogens (primary N) is 1. The maximum Gasteiger partial charge on any atom is 0.294 e. The standard InChI is InChI=1S/C12H17N5O3/c13-14-11-9(5-4-6-10(11)17(19)20)12(18)15-16-7-2-1-3-8-16/h4-6,14H,1-3,7-8,13H2,(H,15,18). The van der Waals surface area contributed by atoms with Gasteiger partial charge in [-0.3, -0.25) is 26.2 Å².